The number of hydrogen-bond acceptors (Lipinski definition) is 7. The maximum Gasteiger partial charge on any atom is 0.225 e. The Morgan fingerprint density at radius 2 is 2.00 bits per heavy atom. The van der Waals surface area contributed by atoms with Gasteiger partial charge >= 0.3 is 0 Å². The number of aliphatic hydroxyl groups excluding tert-OH is 1. The van der Waals surface area contributed by atoms with Gasteiger partial charge in [-0.15, -0.1) is 0 Å². The molecule has 0 unspecified atom stereocenters. The Morgan fingerprint density at radius 3 is 2.76 bits per heavy atom. The summed E-state index contributed by atoms with van der Waals surface area (Å²) in [7, 11) is 0. The normalized spacial score (nSPS) is 10.1. The first kappa shape index (κ1) is 16.4. The highest BCUT2D eigenvalue weighted by Crippen LogP contribution is 2.24. The Bertz CT molecular complexity index is 892. The maximum atomic E-state index is 9.23. The predicted octanol–water partition coefficient (Wildman–Crippen LogP) is 2.56. The van der Waals surface area contributed by atoms with Crippen molar-refractivity contribution in [1.29, 1.82) is 5.26 Å². The second kappa shape index (κ2) is 7.86. The lowest BCUT2D eigenvalue weighted by molar-refractivity contribution is 0.311. The maximum absolute atomic E-state index is 9.23. The predicted molar refractivity (Wildman–Crippen MR) is 95.3 cm³/mol. The van der Waals surface area contributed by atoms with E-state index in [-0.39, 0.29) is 6.61 Å². The third-order valence-corrected chi connectivity index (χ3v) is 3.39. The van der Waals surface area contributed by atoms with Gasteiger partial charge in [0, 0.05) is 30.6 Å². The molecule has 124 valence electrons. The van der Waals surface area contributed by atoms with Crippen molar-refractivity contribution in [2.45, 2.75) is 0 Å². The van der Waals surface area contributed by atoms with E-state index in [0.29, 0.717) is 35.3 Å². The lowest BCUT2D eigenvalue weighted by Crippen LogP contribution is -2.10. The molecule has 0 aliphatic heterocycles. The van der Waals surface area contributed by atoms with E-state index in [0.717, 1.165) is 5.56 Å². The number of aromatic nitrogens is 3. The molecule has 25 heavy (non-hydrogen) atoms. The summed E-state index contributed by atoms with van der Waals surface area (Å²) in [5.74, 6) is 0.921. The molecule has 0 saturated heterocycles. The van der Waals surface area contributed by atoms with E-state index in [1.807, 2.05) is 24.3 Å². The van der Waals surface area contributed by atoms with Gasteiger partial charge in [-0.1, -0.05) is 12.1 Å². The van der Waals surface area contributed by atoms with Crippen molar-refractivity contribution in [1.82, 2.24) is 15.0 Å². The minimum absolute atomic E-state index is 0.0273. The molecule has 0 spiro atoms. The molecule has 1 aromatic carbocycles. The number of benzene rings is 1. The first-order valence-corrected chi connectivity index (χ1v) is 7.70. The minimum atomic E-state index is -0.0273. The highest BCUT2D eigenvalue weighted by molar-refractivity contribution is 5.69. The van der Waals surface area contributed by atoms with Crippen LogP contribution >= 0.6 is 0 Å². The molecule has 0 fully saturated rings. The van der Waals surface area contributed by atoms with Crippen LogP contribution < -0.4 is 10.6 Å². The van der Waals surface area contributed by atoms with Crippen molar-refractivity contribution < 1.29 is 5.11 Å². The standard InChI is InChI=1S/C18H16N6O/c19-11-13-4-1-2-6-15(13)22-17-10-16(14-5-3-7-20-12-14)23-18(24-17)21-8-9-25/h1-7,10,12,25H,8-9H2,(H2,21,22,23,24). The molecule has 0 aliphatic carbocycles. The fourth-order valence-electron chi connectivity index (χ4n) is 2.25. The molecular weight excluding hydrogens is 316 g/mol. The molecule has 3 rings (SSSR count). The zero-order chi connectivity index (χ0) is 17.5. The Hall–Kier alpha value is -3.50. The van der Waals surface area contributed by atoms with Gasteiger partial charge in [0.1, 0.15) is 11.9 Å². The lowest BCUT2D eigenvalue weighted by atomic mass is 10.2. The number of anilines is 3. The summed E-state index contributed by atoms with van der Waals surface area (Å²) in [6.45, 7) is 0.311. The lowest BCUT2D eigenvalue weighted by Gasteiger charge is -2.11. The van der Waals surface area contributed by atoms with Gasteiger partial charge in [0.2, 0.25) is 5.95 Å². The van der Waals surface area contributed by atoms with Crippen LogP contribution in [0.4, 0.5) is 17.5 Å². The molecule has 0 atom stereocenters. The Kier molecular flexibility index (Phi) is 5.14. The number of nitriles is 1. The van der Waals surface area contributed by atoms with Crippen LogP contribution in [0.2, 0.25) is 0 Å². The largest absolute Gasteiger partial charge is 0.395 e. The fourth-order valence-corrected chi connectivity index (χ4v) is 2.25. The topological polar surface area (TPSA) is 107 Å². The van der Waals surface area contributed by atoms with E-state index >= 15 is 0 Å². The second-order valence-electron chi connectivity index (χ2n) is 5.14. The average Bonchev–Trinajstić information content (AvgIpc) is 2.67. The molecule has 2 aromatic heterocycles. The summed E-state index contributed by atoms with van der Waals surface area (Å²) in [4.78, 5) is 12.9. The van der Waals surface area contributed by atoms with Crippen molar-refractivity contribution in [3.05, 3.63) is 60.4 Å². The molecule has 0 saturated carbocycles. The van der Waals surface area contributed by atoms with E-state index in [4.69, 9.17) is 5.11 Å². The average molecular weight is 332 g/mol. The highest BCUT2D eigenvalue weighted by atomic mass is 16.3. The number of aliphatic hydroxyl groups is 1. The fraction of sp³-hybridized carbons (Fsp3) is 0.111. The number of pyridine rings is 1. The number of hydrogen-bond donors (Lipinski definition) is 3. The first-order valence-electron chi connectivity index (χ1n) is 7.70. The molecule has 3 aromatic rings. The SMILES string of the molecule is N#Cc1ccccc1Nc1cc(-c2cccnc2)nc(NCCO)n1. The Balaban J connectivity index is 1.99. The summed E-state index contributed by atoms with van der Waals surface area (Å²) in [6.07, 6.45) is 3.41. The Morgan fingerprint density at radius 1 is 1.12 bits per heavy atom. The van der Waals surface area contributed by atoms with Crippen molar-refractivity contribution >= 4 is 17.5 Å². The summed E-state index contributed by atoms with van der Waals surface area (Å²) < 4.78 is 0. The van der Waals surface area contributed by atoms with Crippen LogP contribution in [0.1, 0.15) is 5.56 Å². The summed E-state index contributed by atoms with van der Waals surface area (Å²) >= 11 is 0. The van der Waals surface area contributed by atoms with Crippen LogP contribution in [0.25, 0.3) is 11.3 Å². The monoisotopic (exact) mass is 332 g/mol. The number of nitrogens with one attached hydrogen (secondary N) is 2. The molecular formula is C18H16N6O. The first-order chi connectivity index (χ1) is 12.3. The van der Waals surface area contributed by atoms with Gasteiger partial charge in [-0.05, 0) is 24.3 Å². The van der Waals surface area contributed by atoms with Gasteiger partial charge in [0.15, 0.2) is 0 Å². The van der Waals surface area contributed by atoms with Crippen molar-refractivity contribution in [3.8, 4) is 17.3 Å². The van der Waals surface area contributed by atoms with Crippen LogP contribution in [0.3, 0.4) is 0 Å². The van der Waals surface area contributed by atoms with Gasteiger partial charge in [-0.25, -0.2) is 4.98 Å². The van der Waals surface area contributed by atoms with E-state index in [1.54, 1.807) is 30.6 Å². The van der Waals surface area contributed by atoms with Crippen LogP contribution in [0.15, 0.2) is 54.9 Å². The van der Waals surface area contributed by atoms with E-state index in [2.05, 4.69) is 31.7 Å². The van der Waals surface area contributed by atoms with Crippen molar-refractivity contribution in [2.24, 2.45) is 0 Å². The van der Waals surface area contributed by atoms with Gasteiger partial charge in [-0.2, -0.15) is 10.2 Å². The second-order valence-corrected chi connectivity index (χ2v) is 5.14. The number of para-hydroxylation sites is 1. The number of nitrogens with zero attached hydrogens (tertiary/aromatic N) is 4. The third-order valence-electron chi connectivity index (χ3n) is 3.39. The van der Waals surface area contributed by atoms with Gasteiger partial charge in [0.05, 0.1) is 23.6 Å². The smallest absolute Gasteiger partial charge is 0.225 e. The van der Waals surface area contributed by atoms with Gasteiger partial charge < -0.3 is 15.7 Å². The van der Waals surface area contributed by atoms with Crippen LogP contribution in [0, 0.1) is 11.3 Å². The number of rotatable bonds is 6. The Labute approximate surface area is 145 Å². The molecule has 2 heterocycles. The molecule has 3 N–H and O–H groups in total. The highest BCUT2D eigenvalue weighted by Gasteiger charge is 2.09. The molecule has 7 heteroatoms. The third kappa shape index (κ3) is 4.07. The zero-order valence-corrected chi connectivity index (χ0v) is 13.3. The summed E-state index contributed by atoms with van der Waals surface area (Å²) in [5, 5.41) is 24.4. The molecule has 7 nitrogen and oxygen atoms in total. The minimum Gasteiger partial charge on any atom is -0.395 e. The van der Waals surface area contributed by atoms with E-state index in [1.165, 1.54) is 0 Å². The van der Waals surface area contributed by atoms with Gasteiger partial charge in [0.25, 0.3) is 0 Å². The summed E-state index contributed by atoms with van der Waals surface area (Å²) in [6, 6.07) is 14.9. The van der Waals surface area contributed by atoms with Crippen molar-refractivity contribution in [3.63, 3.8) is 0 Å². The van der Waals surface area contributed by atoms with Crippen molar-refractivity contribution in [2.75, 3.05) is 23.8 Å². The van der Waals surface area contributed by atoms with Crippen LogP contribution in [-0.2, 0) is 0 Å². The molecule has 0 amide bonds. The quantitative estimate of drug-likeness (QED) is 0.637. The van der Waals surface area contributed by atoms with E-state index in [9.17, 15) is 5.26 Å². The van der Waals surface area contributed by atoms with Crippen LogP contribution in [0.5, 0.6) is 0 Å². The van der Waals surface area contributed by atoms with E-state index < -0.39 is 0 Å². The molecule has 0 bridgehead atoms. The zero-order valence-electron chi connectivity index (χ0n) is 13.3. The van der Waals surface area contributed by atoms with Gasteiger partial charge in [-0.3, -0.25) is 4.98 Å². The summed E-state index contributed by atoms with van der Waals surface area (Å²) in [5.41, 5.74) is 2.71. The van der Waals surface area contributed by atoms with Crippen LogP contribution in [-0.4, -0.2) is 33.2 Å². The molecule has 0 aliphatic rings. The molecule has 0 radical (unpaired) electrons.